The van der Waals surface area contributed by atoms with Gasteiger partial charge in [-0.2, -0.15) is 5.26 Å². The Balaban J connectivity index is 1.73. The van der Waals surface area contributed by atoms with E-state index in [0.29, 0.717) is 30.1 Å². The summed E-state index contributed by atoms with van der Waals surface area (Å²) in [6.07, 6.45) is 1.57. The van der Waals surface area contributed by atoms with Crippen LogP contribution in [0.4, 0.5) is 0 Å². The van der Waals surface area contributed by atoms with E-state index in [-0.39, 0.29) is 0 Å². The van der Waals surface area contributed by atoms with E-state index in [4.69, 9.17) is 14.7 Å². The van der Waals surface area contributed by atoms with Gasteiger partial charge in [-0.1, -0.05) is 12.1 Å². The van der Waals surface area contributed by atoms with Crippen LogP contribution in [0, 0.1) is 11.3 Å². The molecular formula is C16H22N2O2. The Labute approximate surface area is 120 Å². The monoisotopic (exact) mass is 274 g/mol. The lowest BCUT2D eigenvalue weighted by molar-refractivity contribution is -0.0686. The van der Waals surface area contributed by atoms with Crippen LogP contribution in [0.2, 0.25) is 0 Å². The van der Waals surface area contributed by atoms with Crippen molar-refractivity contribution < 1.29 is 9.47 Å². The van der Waals surface area contributed by atoms with Crippen molar-refractivity contribution in [3.63, 3.8) is 0 Å². The van der Waals surface area contributed by atoms with Gasteiger partial charge in [0.05, 0.1) is 24.4 Å². The molecule has 1 saturated heterocycles. The van der Waals surface area contributed by atoms with Crippen molar-refractivity contribution in [2.75, 3.05) is 26.2 Å². The minimum Gasteiger partial charge on any atom is -0.492 e. The van der Waals surface area contributed by atoms with Gasteiger partial charge in [0.1, 0.15) is 11.8 Å². The minimum atomic E-state index is 0.305. The zero-order valence-corrected chi connectivity index (χ0v) is 12.2. The van der Waals surface area contributed by atoms with Gasteiger partial charge in [0.25, 0.3) is 0 Å². The molecular weight excluding hydrogens is 252 g/mol. The van der Waals surface area contributed by atoms with Crippen LogP contribution in [0.5, 0.6) is 5.75 Å². The molecule has 1 aromatic carbocycles. The number of para-hydroxylation sites is 1. The third-order valence-corrected chi connectivity index (χ3v) is 3.38. The smallest absolute Gasteiger partial charge is 0.137 e. The van der Waals surface area contributed by atoms with Crippen molar-refractivity contribution in [1.29, 1.82) is 5.26 Å². The molecule has 1 aliphatic rings. The highest BCUT2D eigenvalue weighted by Crippen LogP contribution is 2.17. The molecule has 0 unspecified atom stereocenters. The standard InChI is InChI=1S/C16H22N2O2/c1-13-11-18(12-14(2)20-13)8-5-9-19-16-7-4-3-6-15(16)10-17/h3-4,6-7,13-14H,5,8-9,11-12H2,1-2H3/t13-,14+. The topological polar surface area (TPSA) is 45.5 Å². The first-order valence-corrected chi connectivity index (χ1v) is 7.19. The van der Waals surface area contributed by atoms with Gasteiger partial charge >= 0.3 is 0 Å². The third kappa shape index (κ3) is 4.22. The number of benzene rings is 1. The van der Waals surface area contributed by atoms with Crippen LogP contribution in [0.15, 0.2) is 24.3 Å². The molecule has 20 heavy (non-hydrogen) atoms. The maximum Gasteiger partial charge on any atom is 0.137 e. The Kier molecular flexibility index (Phi) is 5.40. The predicted molar refractivity (Wildman–Crippen MR) is 77.7 cm³/mol. The average molecular weight is 274 g/mol. The average Bonchev–Trinajstić information content (AvgIpc) is 2.43. The summed E-state index contributed by atoms with van der Waals surface area (Å²) in [4.78, 5) is 2.42. The molecule has 1 fully saturated rings. The highest BCUT2D eigenvalue weighted by Gasteiger charge is 2.21. The third-order valence-electron chi connectivity index (χ3n) is 3.38. The van der Waals surface area contributed by atoms with Crippen molar-refractivity contribution >= 4 is 0 Å². The first-order valence-electron chi connectivity index (χ1n) is 7.19. The maximum atomic E-state index is 8.99. The van der Waals surface area contributed by atoms with Gasteiger partial charge in [0, 0.05) is 19.6 Å². The van der Waals surface area contributed by atoms with Crippen LogP contribution >= 0.6 is 0 Å². The summed E-state index contributed by atoms with van der Waals surface area (Å²) in [5.74, 6) is 0.679. The van der Waals surface area contributed by atoms with E-state index in [9.17, 15) is 0 Å². The molecule has 0 radical (unpaired) electrons. The molecule has 0 amide bonds. The van der Waals surface area contributed by atoms with Gasteiger partial charge in [0.15, 0.2) is 0 Å². The summed E-state index contributed by atoms with van der Waals surface area (Å²) >= 11 is 0. The second-order valence-corrected chi connectivity index (χ2v) is 5.33. The predicted octanol–water partition coefficient (Wildman–Crippen LogP) is 2.44. The second kappa shape index (κ2) is 7.28. The highest BCUT2D eigenvalue weighted by atomic mass is 16.5. The van der Waals surface area contributed by atoms with Crippen molar-refractivity contribution in [2.24, 2.45) is 0 Å². The summed E-state index contributed by atoms with van der Waals surface area (Å²) in [5, 5.41) is 8.99. The van der Waals surface area contributed by atoms with Crippen LogP contribution < -0.4 is 4.74 Å². The van der Waals surface area contributed by atoms with Gasteiger partial charge in [-0.05, 0) is 32.4 Å². The quantitative estimate of drug-likeness (QED) is 0.774. The largest absolute Gasteiger partial charge is 0.492 e. The molecule has 0 aromatic heterocycles. The first kappa shape index (κ1) is 14.8. The Bertz CT molecular complexity index is 460. The SMILES string of the molecule is C[C@@H]1CN(CCCOc2ccccc2C#N)C[C@H](C)O1. The van der Waals surface area contributed by atoms with E-state index < -0.39 is 0 Å². The Morgan fingerprint density at radius 3 is 2.70 bits per heavy atom. The Hall–Kier alpha value is -1.57. The Morgan fingerprint density at radius 2 is 2.00 bits per heavy atom. The minimum absolute atomic E-state index is 0.305. The van der Waals surface area contributed by atoms with E-state index in [1.165, 1.54) is 0 Å². The summed E-state index contributed by atoms with van der Waals surface area (Å²) in [7, 11) is 0. The number of hydrogen-bond donors (Lipinski definition) is 0. The number of hydrogen-bond acceptors (Lipinski definition) is 4. The lowest BCUT2D eigenvalue weighted by atomic mass is 10.2. The van der Waals surface area contributed by atoms with Crippen molar-refractivity contribution in [3.05, 3.63) is 29.8 Å². The molecule has 0 bridgehead atoms. The summed E-state index contributed by atoms with van der Waals surface area (Å²) < 4.78 is 11.4. The van der Waals surface area contributed by atoms with E-state index in [1.807, 2.05) is 18.2 Å². The molecule has 0 spiro atoms. The zero-order chi connectivity index (χ0) is 14.4. The summed E-state index contributed by atoms with van der Waals surface area (Å²) in [6.45, 7) is 7.84. The fourth-order valence-electron chi connectivity index (χ4n) is 2.62. The van der Waals surface area contributed by atoms with Gasteiger partial charge < -0.3 is 9.47 Å². The van der Waals surface area contributed by atoms with E-state index >= 15 is 0 Å². The number of nitriles is 1. The van der Waals surface area contributed by atoms with Gasteiger partial charge in [-0.25, -0.2) is 0 Å². The van der Waals surface area contributed by atoms with Crippen LogP contribution in [0.1, 0.15) is 25.8 Å². The molecule has 1 aliphatic heterocycles. The molecule has 0 saturated carbocycles. The maximum absolute atomic E-state index is 8.99. The Morgan fingerprint density at radius 1 is 1.30 bits per heavy atom. The number of rotatable bonds is 5. The summed E-state index contributed by atoms with van der Waals surface area (Å²) in [6, 6.07) is 9.51. The molecule has 0 N–H and O–H groups in total. The normalized spacial score (nSPS) is 23.2. The van der Waals surface area contributed by atoms with Crippen molar-refractivity contribution in [2.45, 2.75) is 32.5 Å². The molecule has 0 aliphatic carbocycles. The van der Waals surface area contributed by atoms with Crippen LogP contribution in [-0.2, 0) is 4.74 Å². The highest BCUT2D eigenvalue weighted by molar-refractivity contribution is 5.42. The van der Waals surface area contributed by atoms with Gasteiger partial charge in [0.2, 0.25) is 0 Å². The van der Waals surface area contributed by atoms with Gasteiger partial charge in [-0.3, -0.25) is 4.90 Å². The van der Waals surface area contributed by atoms with Gasteiger partial charge in [-0.15, -0.1) is 0 Å². The molecule has 2 rings (SSSR count). The molecule has 2 atom stereocenters. The van der Waals surface area contributed by atoms with E-state index in [0.717, 1.165) is 26.1 Å². The first-order chi connectivity index (χ1) is 9.69. The molecule has 108 valence electrons. The fourth-order valence-corrected chi connectivity index (χ4v) is 2.62. The second-order valence-electron chi connectivity index (χ2n) is 5.33. The van der Waals surface area contributed by atoms with Crippen molar-refractivity contribution in [1.82, 2.24) is 4.90 Å². The molecule has 4 nitrogen and oxygen atoms in total. The van der Waals surface area contributed by atoms with E-state index in [1.54, 1.807) is 6.07 Å². The number of morpholine rings is 1. The lowest BCUT2D eigenvalue weighted by Gasteiger charge is -2.35. The summed E-state index contributed by atoms with van der Waals surface area (Å²) in [5.41, 5.74) is 0.598. The number of nitrogens with zero attached hydrogens (tertiary/aromatic N) is 2. The van der Waals surface area contributed by atoms with Crippen LogP contribution in [0.3, 0.4) is 0 Å². The van der Waals surface area contributed by atoms with Crippen molar-refractivity contribution in [3.8, 4) is 11.8 Å². The number of ether oxygens (including phenoxy) is 2. The molecule has 1 aromatic rings. The van der Waals surface area contributed by atoms with Crippen LogP contribution in [0.25, 0.3) is 0 Å². The zero-order valence-electron chi connectivity index (χ0n) is 12.2. The fraction of sp³-hybridized carbons (Fsp3) is 0.562. The van der Waals surface area contributed by atoms with Crippen LogP contribution in [-0.4, -0.2) is 43.3 Å². The molecule has 4 heteroatoms. The molecule has 1 heterocycles. The van der Waals surface area contributed by atoms with E-state index in [2.05, 4.69) is 24.8 Å². The lowest BCUT2D eigenvalue weighted by Crippen LogP contribution is -2.45.